The predicted molar refractivity (Wildman–Crippen MR) is 86.3 cm³/mol. The maximum Gasteiger partial charge on any atom is 0.336 e. The molecule has 6 nitrogen and oxygen atoms in total. The van der Waals surface area contributed by atoms with Crippen LogP contribution in [-0.2, 0) is 10.0 Å². The second kappa shape index (κ2) is 6.39. The lowest BCUT2D eigenvalue weighted by molar-refractivity contribution is 0.0697. The molecular formula is C16H17NO5S. The normalized spacial score (nSPS) is 11.5. The van der Waals surface area contributed by atoms with Gasteiger partial charge in [-0.2, -0.15) is 0 Å². The van der Waals surface area contributed by atoms with Gasteiger partial charge in [-0.1, -0.05) is 12.1 Å². The van der Waals surface area contributed by atoms with Crippen LogP contribution in [0.2, 0.25) is 0 Å². The zero-order chi connectivity index (χ0) is 17.2. The van der Waals surface area contributed by atoms with E-state index >= 15 is 0 Å². The van der Waals surface area contributed by atoms with E-state index in [2.05, 4.69) is 0 Å². The van der Waals surface area contributed by atoms with E-state index in [1.807, 2.05) is 0 Å². The number of hydrogen-bond donors (Lipinski definition) is 1. The van der Waals surface area contributed by atoms with Crippen LogP contribution in [0, 0.1) is 0 Å². The van der Waals surface area contributed by atoms with Gasteiger partial charge in [-0.05, 0) is 41.5 Å². The fourth-order valence-electron chi connectivity index (χ4n) is 2.10. The molecule has 0 amide bonds. The second-order valence-corrected chi connectivity index (χ2v) is 7.18. The Bertz CT molecular complexity index is 826. The van der Waals surface area contributed by atoms with Crippen molar-refractivity contribution in [3.8, 4) is 16.9 Å². The van der Waals surface area contributed by atoms with Crippen molar-refractivity contribution < 1.29 is 23.1 Å². The fraction of sp³-hybridized carbons (Fsp3) is 0.188. The molecule has 2 aromatic carbocycles. The largest absolute Gasteiger partial charge is 0.497 e. The molecule has 0 saturated carbocycles. The van der Waals surface area contributed by atoms with Crippen molar-refractivity contribution in [2.45, 2.75) is 4.90 Å². The van der Waals surface area contributed by atoms with E-state index in [0.29, 0.717) is 16.9 Å². The van der Waals surface area contributed by atoms with Crippen LogP contribution in [0.3, 0.4) is 0 Å². The van der Waals surface area contributed by atoms with Gasteiger partial charge in [-0.25, -0.2) is 17.5 Å². The van der Waals surface area contributed by atoms with Crippen molar-refractivity contribution in [1.82, 2.24) is 4.31 Å². The first-order valence-corrected chi connectivity index (χ1v) is 8.15. The Kier molecular flexibility index (Phi) is 4.72. The van der Waals surface area contributed by atoms with E-state index in [0.717, 1.165) is 4.31 Å². The molecule has 1 N–H and O–H groups in total. The van der Waals surface area contributed by atoms with Crippen LogP contribution in [0.5, 0.6) is 5.75 Å². The van der Waals surface area contributed by atoms with Gasteiger partial charge >= 0.3 is 5.97 Å². The number of rotatable bonds is 5. The standard InChI is InChI=1S/C16H17NO5S/c1-17(2)23(20,21)13-7-4-11(5-8-13)14-9-6-12(22-3)10-15(14)16(18)19/h4-10H,1-3H3,(H,18,19). The van der Waals surface area contributed by atoms with E-state index in [1.54, 1.807) is 24.3 Å². The molecule has 0 spiro atoms. The highest BCUT2D eigenvalue weighted by Crippen LogP contribution is 2.28. The maximum absolute atomic E-state index is 12.1. The molecule has 0 fully saturated rings. The minimum Gasteiger partial charge on any atom is -0.497 e. The monoisotopic (exact) mass is 335 g/mol. The Hall–Kier alpha value is -2.38. The van der Waals surface area contributed by atoms with Crippen molar-refractivity contribution in [3.63, 3.8) is 0 Å². The summed E-state index contributed by atoms with van der Waals surface area (Å²) in [5.74, 6) is -0.637. The summed E-state index contributed by atoms with van der Waals surface area (Å²) in [5.41, 5.74) is 1.20. The number of hydrogen-bond acceptors (Lipinski definition) is 4. The van der Waals surface area contributed by atoms with Crippen LogP contribution in [0.4, 0.5) is 0 Å². The summed E-state index contributed by atoms with van der Waals surface area (Å²) in [6, 6.07) is 10.8. The van der Waals surface area contributed by atoms with Gasteiger partial charge in [0.15, 0.2) is 0 Å². The highest BCUT2D eigenvalue weighted by atomic mass is 32.2. The van der Waals surface area contributed by atoms with Gasteiger partial charge in [0.1, 0.15) is 5.75 Å². The first-order valence-electron chi connectivity index (χ1n) is 6.71. The molecule has 0 aliphatic rings. The van der Waals surface area contributed by atoms with Gasteiger partial charge in [-0.15, -0.1) is 0 Å². The van der Waals surface area contributed by atoms with Crippen molar-refractivity contribution in [2.24, 2.45) is 0 Å². The number of benzene rings is 2. The zero-order valence-corrected chi connectivity index (χ0v) is 13.8. The number of methoxy groups -OCH3 is 1. The van der Waals surface area contributed by atoms with Crippen molar-refractivity contribution >= 4 is 16.0 Å². The molecule has 0 heterocycles. The summed E-state index contributed by atoms with van der Waals surface area (Å²) in [6.45, 7) is 0. The second-order valence-electron chi connectivity index (χ2n) is 5.03. The molecule has 0 atom stereocenters. The van der Waals surface area contributed by atoms with Gasteiger partial charge in [0.2, 0.25) is 10.0 Å². The lowest BCUT2D eigenvalue weighted by Crippen LogP contribution is -2.22. The Morgan fingerprint density at radius 3 is 2.17 bits per heavy atom. The first-order chi connectivity index (χ1) is 10.8. The summed E-state index contributed by atoms with van der Waals surface area (Å²) in [4.78, 5) is 11.6. The molecule has 2 rings (SSSR count). The number of carboxylic acid groups (broad SMARTS) is 1. The molecule has 0 saturated heterocycles. The zero-order valence-electron chi connectivity index (χ0n) is 13.0. The van der Waals surface area contributed by atoms with Crippen molar-refractivity contribution in [1.29, 1.82) is 0 Å². The van der Waals surface area contributed by atoms with Gasteiger partial charge < -0.3 is 9.84 Å². The van der Waals surface area contributed by atoms with Crippen LogP contribution in [0.1, 0.15) is 10.4 Å². The highest BCUT2D eigenvalue weighted by Gasteiger charge is 2.18. The number of nitrogens with zero attached hydrogens (tertiary/aromatic N) is 1. The van der Waals surface area contributed by atoms with Crippen LogP contribution in [0.25, 0.3) is 11.1 Å². The van der Waals surface area contributed by atoms with Crippen LogP contribution in [-0.4, -0.2) is 45.0 Å². The van der Waals surface area contributed by atoms with E-state index in [1.165, 1.54) is 39.4 Å². The smallest absolute Gasteiger partial charge is 0.336 e. The molecule has 0 bridgehead atoms. The first kappa shape index (κ1) is 17.0. The molecular weight excluding hydrogens is 318 g/mol. The Morgan fingerprint density at radius 1 is 1.09 bits per heavy atom. The number of carbonyl (C=O) groups is 1. The van der Waals surface area contributed by atoms with E-state index in [4.69, 9.17) is 4.74 Å². The number of ether oxygens (including phenoxy) is 1. The summed E-state index contributed by atoms with van der Waals surface area (Å²) in [5, 5.41) is 9.35. The Labute approximate surface area is 135 Å². The van der Waals surface area contributed by atoms with Gasteiger partial charge in [0.05, 0.1) is 17.6 Å². The molecule has 0 aromatic heterocycles. The Balaban J connectivity index is 2.50. The van der Waals surface area contributed by atoms with E-state index in [-0.39, 0.29) is 10.5 Å². The maximum atomic E-state index is 12.1. The molecule has 0 unspecified atom stereocenters. The number of carboxylic acids is 1. The van der Waals surface area contributed by atoms with Gasteiger partial charge in [0, 0.05) is 14.1 Å². The number of aromatic carboxylic acids is 1. The average Bonchev–Trinajstić information content (AvgIpc) is 2.54. The summed E-state index contributed by atoms with van der Waals surface area (Å²) in [6.07, 6.45) is 0. The fourth-order valence-corrected chi connectivity index (χ4v) is 3.00. The van der Waals surface area contributed by atoms with Crippen molar-refractivity contribution in [3.05, 3.63) is 48.0 Å². The van der Waals surface area contributed by atoms with Gasteiger partial charge in [0.25, 0.3) is 0 Å². The SMILES string of the molecule is COc1ccc(-c2ccc(S(=O)(=O)N(C)C)cc2)c(C(=O)O)c1. The average molecular weight is 335 g/mol. The highest BCUT2D eigenvalue weighted by molar-refractivity contribution is 7.89. The minimum atomic E-state index is -3.52. The topological polar surface area (TPSA) is 83.9 Å². The van der Waals surface area contributed by atoms with E-state index in [9.17, 15) is 18.3 Å². The third kappa shape index (κ3) is 3.35. The third-order valence-corrected chi connectivity index (χ3v) is 5.23. The quantitative estimate of drug-likeness (QED) is 0.906. The van der Waals surface area contributed by atoms with Crippen LogP contribution < -0.4 is 4.74 Å². The van der Waals surface area contributed by atoms with Crippen molar-refractivity contribution in [2.75, 3.05) is 21.2 Å². The molecule has 2 aromatic rings. The Morgan fingerprint density at radius 2 is 1.70 bits per heavy atom. The summed E-state index contributed by atoms with van der Waals surface area (Å²) in [7, 11) is 0.851. The predicted octanol–water partition coefficient (Wildman–Crippen LogP) is 2.31. The number of sulfonamides is 1. The summed E-state index contributed by atoms with van der Waals surface area (Å²) >= 11 is 0. The lowest BCUT2D eigenvalue weighted by atomic mass is 9.99. The molecule has 7 heteroatoms. The van der Waals surface area contributed by atoms with Gasteiger partial charge in [-0.3, -0.25) is 0 Å². The minimum absolute atomic E-state index is 0.0903. The molecule has 0 aliphatic carbocycles. The molecule has 0 aliphatic heterocycles. The molecule has 0 radical (unpaired) electrons. The summed E-state index contributed by atoms with van der Waals surface area (Å²) < 4.78 is 30.3. The van der Waals surface area contributed by atoms with Crippen LogP contribution >= 0.6 is 0 Å². The third-order valence-electron chi connectivity index (χ3n) is 3.40. The molecule has 23 heavy (non-hydrogen) atoms. The lowest BCUT2D eigenvalue weighted by Gasteiger charge is -2.12. The van der Waals surface area contributed by atoms with Crippen LogP contribution in [0.15, 0.2) is 47.4 Å². The van der Waals surface area contributed by atoms with E-state index < -0.39 is 16.0 Å². The molecule has 122 valence electrons.